The lowest BCUT2D eigenvalue weighted by molar-refractivity contribution is -0.121. The van der Waals surface area contributed by atoms with Crippen LogP contribution in [0, 0.1) is 5.92 Å². The lowest BCUT2D eigenvalue weighted by Crippen LogP contribution is -2.47. The first-order valence-corrected chi connectivity index (χ1v) is 12.0. The quantitative estimate of drug-likeness (QED) is 0.709. The zero-order chi connectivity index (χ0) is 21.8. The summed E-state index contributed by atoms with van der Waals surface area (Å²) in [6.45, 7) is 6.22. The molecule has 32 heavy (non-hydrogen) atoms. The standard InChI is InChI=1S/C24H33N5O3/c30-23(17-20-7-16-32-27-20)26-19-3-1-18(2-4-19)6-10-28-11-13-29(14-12-28)24-21-8-15-31-22(21)5-9-25-24/h5,7,9,16,18-19H,1-4,6,8,10-15,17H2,(H,26,30). The van der Waals surface area contributed by atoms with E-state index in [1.165, 1.54) is 37.6 Å². The molecule has 1 N–H and O–H groups in total. The van der Waals surface area contributed by atoms with Crippen LogP contribution in [-0.4, -0.2) is 66.3 Å². The van der Waals surface area contributed by atoms with Crippen molar-refractivity contribution in [3.8, 4) is 5.75 Å². The maximum Gasteiger partial charge on any atom is 0.226 e. The molecule has 0 atom stereocenters. The van der Waals surface area contributed by atoms with Crippen molar-refractivity contribution >= 4 is 11.7 Å². The highest BCUT2D eigenvalue weighted by atomic mass is 16.5. The predicted octanol–water partition coefficient (Wildman–Crippen LogP) is 2.43. The number of hydrogen-bond donors (Lipinski definition) is 1. The second kappa shape index (κ2) is 9.90. The smallest absolute Gasteiger partial charge is 0.226 e. The molecule has 2 fully saturated rings. The second-order valence-electron chi connectivity index (χ2n) is 9.28. The van der Waals surface area contributed by atoms with Crippen molar-refractivity contribution in [2.24, 2.45) is 5.92 Å². The van der Waals surface area contributed by atoms with Gasteiger partial charge in [-0.15, -0.1) is 0 Å². The van der Waals surface area contributed by atoms with Crippen LogP contribution in [0.5, 0.6) is 5.75 Å². The highest BCUT2D eigenvalue weighted by Crippen LogP contribution is 2.32. The molecule has 2 aromatic heterocycles. The second-order valence-corrected chi connectivity index (χ2v) is 9.28. The number of rotatable bonds is 7. The Bertz CT molecular complexity index is 887. The maximum absolute atomic E-state index is 12.2. The van der Waals surface area contributed by atoms with Crippen molar-refractivity contribution in [2.45, 2.75) is 51.0 Å². The van der Waals surface area contributed by atoms with E-state index in [1.807, 2.05) is 12.3 Å². The van der Waals surface area contributed by atoms with Crippen LogP contribution >= 0.6 is 0 Å². The minimum Gasteiger partial charge on any atom is -0.493 e. The first kappa shape index (κ1) is 21.2. The first-order valence-electron chi connectivity index (χ1n) is 12.0. The van der Waals surface area contributed by atoms with Crippen molar-refractivity contribution in [2.75, 3.05) is 44.2 Å². The van der Waals surface area contributed by atoms with Crippen LogP contribution in [-0.2, 0) is 17.6 Å². The molecule has 5 rings (SSSR count). The Labute approximate surface area is 189 Å². The van der Waals surface area contributed by atoms with Gasteiger partial charge in [0.2, 0.25) is 5.91 Å². The summed E-state index contributed by atoms with van der Waals surface area (Å²) in [5.41, 5.74) is 1.97. The molecule has 0 radical (unpaired) electrons. The van der Waals surface area contributed by atoms with E-state index in [0.717, 1.165) is 69.5 Å². The third kappa shape index (κ3) is 5.06. The van der Waals surface area contributed by atoms with Gasteiger partial charge >= 0.3 is 0 Å². The minimum absolute atomic E-state index is 0.0466. The zero-order valence-corrected chi connectivity index (χ0v) is 18.7. The van der Waals surface area contributed by atoms with Crippen LogP contribution in [0.3, 0.4) is 0 Å². The number of anilines is 1. The topological polar surface area (TPSA) is 83.7 Å². The highest BCUT2D eigenvalue weighted by Gasteiger charge is 2.26. The Kier molecular flexibility index (Phi) is 6.57. The number of pyridine rings is 1. The lowest BCUT2D eigenvalue weighted by atomic mass is 9.84. The zero-order valence-electron chi connectivity index (χ0n) is 18.7. The Morgan fingerprint density at radius 2 is 1.97 bits per heavy atom. The number of nitrogens with zero attached hydrogens (tertiary/aromatic N) is 4. The molecule has 1 saturated heterocycles. The monoisotopic (exact) mass is 439 g/mol. The molecule has 0 bridgehead atoms. The van der Waals surface area contributed by atoms with Gasteiger partial charge in [-0.1, -0.05) is 5.16 Å². The molecule has 1 saturated carbocycles. The fourth-order valence-corrected chi connectivity index (χ4v) is 5.29. The average molecular weight is 440 g/mol. The van der Waals surface area contributed by atoms with E-state index in [2.05, 4.69) is 25.3 Å². The number of fused-ring (bicyclic) bond motifs is 1. The normalized spacial score (nSPS) is 23.6. The van der Waals surface area contributed by atoms with Gasteiger partial charge in [-0.3, -0.25) is 9.69 Å². The fraction of sp³-hybridized carbons (Fsp3) is 0.625. The summed E-state index contributed by atoms with van der Waals surface area (Å²) in [5.74, 6) is 2.96. The van der Waals surface area contributed by atoms with Crippen LogP contribution in [0.4, 0.5) is 5.82 Å². The van der Waals surface area contributed by atoms with Gasteiger partial charge in [0.1, 0.15) is 17.8 Å². The number of hydrogen-bond acceptors (Lipinski definition) is 7. The van der Waals surface area contributed by atoms with Gasteiger partial charge in [0, 0.05) is 56.5 Å². The summed E-state index contributed by atoms with van der Waals surface area (Å²) >= 11 is 0. The summed E-state index contributed by atoms with van der Waals surface area (Å²) in [6.07, 6.45) is 10.5. The SMILES string of the molecule is O=C(Cc1ccon1)NC1CCC(CCN2CCN(c3nccc4c3CCO4)CC2)CC1. The van der Waals surface area contributed by atoms with Gasteiger partial charge in [0.25, 0.3) is 0 Å². The number of aromatic nitrogens is 2. The van der Waals surface area contributed by atoms with Crippen LogP contribution < -0.4 is 15.0 Å². The van der Waals surface area contributed by atoms with Crippen LogP contribution in [0.1, 0.15) is 43.4 Å². The van der Waals surface area contributed by atoms with Crippen molar-refractivity contribution in [3.63, 3.8) is 0 Å². The van der Waals surface area contributed by atoms with Crippen LogP contribution in [0.2, 0.25) is 0 Å². The molecule has 2 aliphatic heterocycles. The third-order valence-electron chi connectivity index (χ3n) is 7.17. The molecule has 1 amide bonds. The van der Waals surface area contributed by atoms with E-state index in [4.69, 9.17) is 9.26 Å². The van der Waals surface area contributed by atoms with Crippen molar-refractivity contribution in [3.05, 3.63) is 35.9 Å². The molecule has 8 heteroatoms. The average Bonchev–Trinajstić information content (AvgIpc) is 3.51. The molecule has 0 aromatic carbocycles. The van der Waals surface area contributed by atoms with Gasteiger partial charge in [0.15, 0.2) is 0 Å². The van der Waals surface area contributed by atoms with Crippen molar-refractivity contribution in [1.29, 1.82) is 0 Å². The number of amides is 1. The Morgan fingerprint density at radius 3 is 2.75 bits per heavy atom. The van der Waals surface area contributed by atoms with Gasteiger partial charge in [-0.05, 0) is 50.6 Å². The Hall–Kier alpha value is -2.61. The fourth-order valence-electron chi connectivity index (χ4n) is 5.29. The van der Waals surface area contributed by atoms with Crippen LogP contribution in [0.25, 0.3) is 0 Å². The highest BCUT2D eigenvalue weighted by molar-refractivity contribution is 5.78. The molecule has 0 unspecified atom stereocenters. The minimum atomic E-state index is 0.0466. The van der Waals surface area contributed by atoms with Gasteiger partial charge in [-0.25, -0.2) is 4.98 Å². The molecule has 8 nitrogen and oxygen atoms in total. The Morgan fingerprint density at radius 1 is 1.12 bits per heavy atom. The van der Waals surface area contributed by atoms with Crippen LogP contribution in [0.15, 0.2) is 29.1 Å². The maximum atomic E-state index is 12.2. The molecule has 0 spiro atoms. The molecule has 4 heterocycles. The van der Waals surface area contributed by atoms with E-state index >= 15 is 0 Å². The summed E-state index contributed by atoms with van der Waals surface area (Å²) < 4.78 is 10.5. The first-order chi connectivity index (χ1) is 15.7. The molecule has 172 valence electrons. The number of ether oxygens (including phenoxy) is 1. The van der Waals surface area contributed by atoms with Crippen molar-refractivity contribution < 1.29 is 14.1 Å². The molecular weight excluding hydrogens is 406 g/mol. The molecule has 1 aliphatic carbocycles. The molecule has 3 aliphatic rings. The van der Waals surface area contributed by atoms with Crippen molar-refractivity contribution in [1.82, 2.24) is 20.4 Å². The summed E-state index contributed by atoms with van der Waals surface area (Å²) in [4.78, 5) is 21.9. The molecular formula is C24H33N5O3. The summed E-state index contributed by atoms with van der Waals surface area (Å²) in [6, 6.07) is 4.03. The predicted molar refractivity (Wildman–Crippen MR) is 121 cm³/mol. The van der Waals surface area contributed by atoms with E-state index < -0.39 is 0 Å². The van der Waals surface area contributed by atoms with E-state index in [0.29, 0.717) is 18.2 Å². The van der Waals surface area contributed by atoms with Gasteiger partial charge in [-0.2, -0.15) is 0 Å². The van der Waals surface area contributed by atoms with E-state index in [9.17, 15) is 4.79 Å². The van der Waals surface area contributed by atoms with Gasteiger partial charge in [0.05, 0.1) is 18.7 Å². The Balaban J connectivity index is 1.00. The third-order valence-corrected chi connectivity index (χ3v) is 7.17. The summed E-state index contributed by atoms with van der Waals surface area (Å²) in [7, 11) is 0. The number of piperazine rings is 1. The number of nitrogens with one attached hydrogen (secondary N) is 1. The van der Waals surface area contributed by atoms with Gasteiger partial charge < -0.3 is 19.5 Å². The summed E-state index contributed by atoms with van der Waals surface area (Å²) in [5, 5.41) is 6.98. The lowest BCUT2D eigenvalue weighted by Gasteiger charge is -2.37. The number of carbonyl (C=O) groups excluding carboxylic acids is 1. The van der Waals surface area contributed by atoms with E-state index in [1.54, 1.807) is 6.07 Å². The van der Waals surface area contributed by atoms with E-state index in [-0.39, 0.29) is 5.91 Å². The number of carbonyl (C=O) groups is 1. The largest absolute Gasteiger partial charge is 0.493 e. The molecule has 2 aromatic rings.